The molecule has 0 aromatic carbocycles. The van der Waals surface area contributed by atoms with Gasteiger partial charge >= 0.3 is 5.97 Å². The van der Waals surface area contributed by atoms with Crippen LogP contribution < -0.4 is 5.32 Å². The molecule has 1 amide bonds. The van der Waals surface area contributed by atoms with Crippen LogP contribution >= 0.6 is 0 Å². The van der Waals surface area contributed by atoms with Crippen molar-refractivity contribution in [3.8, 4) is 0 Å². The van der Waals surface area contributed by atoms with E-state index in [1.165, 1.54) is 321 Å². The first-order valence-electron chi connectivity index (χ1n) is 36.7. The van der Waals surface area contributed by atoms with Crippen LogP contribution in [0.25, 0.3) is 0 Å². The number of rotatable bonds is 69. The average molecular weight is 1140 g/mol. The van der Waals surface area contributed by atoms with Gasteiger partial charge in [0.25, 0.3) is 0 Å². The van der Waals surface area contributed by atoms with E-state index in [2.05, 4.69) is 55.6 Å². The minimum atomic E-state index is -0.664. The number of nitrogens with one attached hydrogen (secondary N) is 1. The SMILES string of the molecule is CCC/C=C\C/C=C\CCCCCCCC(=O)OCCCCCCCCCCCCCC/C=C\CCCCCCCCCCCCCCCCC(=O)NC(CO)C(O)CCCCCCCCCCCCCCCCCCCCCCC. The predicted molar refractivity (Wildman–Crippen MR) is 356 cm³/mol. The number of esters is 1. The highest BCUT2D eigenvalue weighted by atomic mass is 16.5. The van der Waals surface area contributed by atoms with Gasteiger partial charge in [-0.05, 0) is 77.0 Å². The summed E-state index contributed by atoms with van der Waals surface area (Å²) in [5, 5.41) is 23.4. The molecule has 6 nitrogen and oxygen atoms in total. The van der Waals surface area contributed by atoms with E-state index in [9.17, 15) is 19.8 Å². The maximum Gasteiger partial charge on any atom is 0.305 e. The second-order valence-corrected chi connectivity index (χ2v) is 25.3. The van der Waals surface area contributed by atoms with Gasteiger partial charge in [-0.3, -0.25) is 9.59 Å². The van der Waals surface area contributed by atoms with Gasteiger partial charge < -0.3 is 20.3 Å². The number of hydrogen-bond acceptors (Lipinski definition) is 5. The van der Waals surface area contributed by atoms with E-state index in [1.54, 1.807) is 0 Å². The lowest BCUT2D eigenvalue weighted by atomic mass is 10.0. The zero-order valence-electron chi connectivity index (χ0n) is 54.8. The molecule has 0 aliphatic heterocycles. The van der Waals surface area contributed by atoms with Crippen molar-refractivity contribution < 1.29 is 24.5 Å². The van der Waals surface area contributed by atoms with Crippen molar-refractivity contribution in [2.24, 2.45) is 0 Å². The third-order valence-electron chi connectivity index (χ3n) is 17.1. The van der Waals surface area contributed by atoms with Crippen LogP contribution in [-0.2, 0) is 14.3 Å². The van der Waals surface area contributed by atoms with E-state index in [0.717, 1.165) is 51.4 Å². The fourth-order valence-corrected chi connectivity index (χ4v) is 11.6. The summed E-state index contributed by atoms with van der Waals surface area (Å²) in [5.74, 6) is -0.0270. The molecule has 0 fully saturated rings. The highest BCUT2D eigenvalue weighted by Crippen LogP contribution is 2.19. The first-order chi connectivity index (χ1) is 40.0. The fraction of sp³-hybridized carbons (Fsp3) is 0.893. The topological polar surface area (TPSA) is 95.9 Å². The van der Waals surface area contributed by atoms with Crippen molar-refractivity contribution >= 4 is 11.9 Å². The van der Waals surface area contributed by atoms with E-state index < -0.39 is 12.1 Å². The lowest BCUT2D eigenvalue weighted by molar-refractivity contribution is -0.143. The Morgan fingerprint density at radius 2 is 0.642 bits per heavy atom. The number of unbranched alkanes of at least 4 members (excludes halogenated alkanes) is 52. The van der Waals surface area contributed by atoms with Gasteiger partial charge in [0.15, 0.2) is 0 Å². The third-order valence-corrected chi connectivity index (χ3v) is 17.1. The number of aliphatic hydroxyl groups excluding tert-OH is 2. The maximum atomic E-state index is 12.6. The molecule has 0 aliphatic carbocycles. The molecule has 0 saturated heterocycles. The summed E-state index contributed by atoms with van der Waals surface area (Å²) < 4.78 is 5.48. The minimum Gasteiger partial charge on any atom is -0.466 e. The molecule has 0 aromatic heterocycles. The van der Waals surface area contributed by atoms with Crippen molar-refractivity contribution in [1.29, 1.82) is 0 Å². The zero-order chi connectivity index (χ0) is 58.5. The van der Waals surface area contributed by atoms with E-state index in [-0.39, 0.29) is 18.5 Å². The molecule has 0 rings (SSSR count). The summed E-state index contributed by atoms with van der Waals surface area (Å²) in [5.41, 5.74) is 0. The van der Waals surface area contributed by atoms with Crippen LogP contribution in [0.2, 0.25) is 0 Å². The molecular formula is C75H143NO5. The molecule has 0 aromatic rings. The Morgan fingerprint density at radius 3 is 1.00 bits per heavy atom. The van der Waals surface area contributed by atoms with Crippen LogP contribution in [0.3, 0.4) is 0 Å². The number of hydrogen-bond donors (Lipinski definition) is 3. The van der Waals surface area contributed by atoms with Crippen LogP contribution in [0.1, 0.15) is 406 Å². The molecular weight excluding hydrogens is 995 g/mol. The van der Waals surface area contributed by atoms with Crippen molar-refractivity contribution in [2.75, 3.05) is 13.2 Å². The van der Waals surface area contributed by atoms with E-state index in [0.29, 0.717) is 25.9 Å². The molecule has 2 atom stereocenters. The van der Waals surface area contributed by atoms with Gasteiger partial charge in [0, 0.05) is 12.8 Å². The Morgan fingerprint density at radius 1 is 0.346 bits per heavy atom. The average Bonchev–Trinajstić information content (AvgIpc) is 3.47. The van der Waals surface area contributed by atoms with Crippen molar-refractivity contribution in [1.82, 2.24) is 5.32 Å². The molecule has 478 valence electrons. The van der Waals surface area contributed by atoms with Gasteiger partial charge in [0.2, 0.25) is 5.91 Å². The number of aliphatic hydroxyl groups is 2. The molecule has 0 spiro atoms. The summed E-state index contributed by atoms with van der Waals surface area (Å²) >= 11 is 0. The molecule has 0 bridgehead atoms. The first kappa shape index (κ1) is 79.1. The van der Waals surface area contributed by atoms with Gasteiger partial charge in [-0.1, -0.05) is 352 Å². The number of carbonyl (C=O) groups excluding carboxylic acids is 2. The summed E-state index contributed by atoms with van der Waals surface area (Å²) in [4.78, 5) is 24.6. The second-order valence-electron chi connectivity index (χ2n) is 25.3. The monoisotopic (exact) mass is 1140 g/mol. The predicted octanol–water partition coefficient (Wildman–Crippen LogP) is 23.9. The highest BCUT2D eigenvalue weighted by Gasteiger charge is 2.20. The molecule has 6 heteroatoms. The van der Waals surface area contributed by atoms with E-state index >= 15 is 0 Å². The number of amides is 1. The summed E-state index contributed by atoms with van der Waals surface area (Å²) in [7, 11) is 0. The zero-order valence-corrected chi connectivity index (χ0v) is 54.8. The van der Waals surface area contributed by atoms with Crippen LogP contribution in [-0.4, -0.2) is 47.4 Å². The largest absolute Gasteiger partial charge is 0.466 e. The molecule has 0 radical (unpaired) electrons. The number of ether oxygens (including phenoxy) is 1. The molecule has 81 heavy (non-hydrogen) atoms. The van der Waals surface area contributed by atoms with Crippen LogP contribution in [0.4, 0.5) is 0 Å². The Bertz CT molecular complexity index is 1310. The Kier molecular flexibility index (Phi) is 68.9. The smallest absolute Gasteiger partial charge is 0.305 e. The summed E-state index contributed by atoms with van der Waals surface area (Å²) in [6.45, 7) is 4.92. The molecule has 2 unspecified atom stereocenters. The standard InChI is InChI=1S/C75H143NO5/c1-3-5-7-9-11-13-15-17-18-19-20-31-34-37-40-44-47-51-55-59-63-67-73(78)72(71-77)76-74(79)68-64-60-56-52-48-45-41-38-35-32-29-27-25-23-21-22-24-26-28-30-33-36-39-42-46-50-54-58-62-66-70-81-75(80)69-65-61-57-53-49-43-16-14-12-10-8-6-4-2/h8,10,14,16,22,24,72-73,77-78H,3-7,9,11-13,15,17-21,23,25-71H2,1-2H3,(H,76,79)/b10-8-,16-14-,24-22-. The van der Waals surface area contributed by atoms with Gasteiger partial charge in [-0.2, -0.15) is 0 Å². The minimum absolute atomic E-state index is 0.00217. The van der Waals surface area contributed by atoms with Crippen molar-refractivity contribution in [2.45, 2.75) is 418 Å². The third kappa shape index (κ3) is 67.1. The normalized spacial score (nSPS) is 12.7. The van der Waals surface area contributed by atoms with Gasteiger partial charge in [0.1, 0.15) is 0 Å². The molecule has 0 saturated carbocycles. The van der Waals surface area contributed by atoms with Crippen LogP contribution in [0, 0.1) is 0 Å². The van der Waals surface area contributed by atoms with Gasteiger partial charge in [-0.15, -0.1) is 0 Å². The first-order valence-corrected chi connectivity index (χ1v) is 36.7. The Labute approximate surface area is 506 Å². The van der Waals surface area contributed by atoms with E-state index in [4.69, 9.17) is 4.74 Å². The summed E-state index contributed by atoms with van der Waals surface area (Å²) in [6.07, 6.45) is 90.6. The molecule has 3 N–H and O–H groups in total. The van der Waals surface area contributed by atoms with E-state index in [1.807, 2.05) is 0 Å². The van der Waals surface area contributed by atoms with Crippen molar-refractivity contribution in [3.05, 3.63) is 36.5 Å². The Hall–Kier alpha value is -1.92. The molecule has 0 heterocycles. The number of carbonyl (C=O) groups is 2. The summed E-state index contributed by atoms with van der Waals surface area (Å²) in [6, 6.07) is -0.542. The quantitative estimate of drug-likeness (QED) is 0.0320. The van der Waals surface area contributed by atoms with Gasteiger partial charge in [-0.25, -0.2) is 0 Å². The highest BCUT2D eigenvalue weighted by molar-refractivity contribution is 5.76. The van der Waals surface area contributed by atoms with Crippen LogP contribution in [0.5, 0.6) is 0 Å². The number of allylic oxidation sites excluding steroid dienone is 6. The fourth-order valence-electron chi connectivity index (χ4n) is 11.6. The van der Waals surface area contributed by atoms with Crippen LogP contribution in [0.15, 0.2) is 36.5 Å². The maximum absolute atomic E-state index is 12.6. The molecule has 0 aliphatic rings. The second kappa shape index (κ2) is 70.6. The lowest BCUT2D eigenvalue weighted by Crippen LogP contribution is -2.45. The van der Waals surface area contributed by atoms with Crippen molar-refractivity contribution in [3.63, 3.8) is 0 Å². The van der Waals surface area contributed by atoms with Gasteiger partial charge in [0.05, 0.1) is 25.4 Å². The lowest BCUT2D eigenvalue weighted by Gasteiger charge is -2.22. The Balaban J connectivity index is 3.37.